The molecule has 20 heavy (non-hydrogen) atoms. The zero-order valence-electron chi connectivity index (χ0n) is 10.7. The van der Waals surface area contributed by atoms with Crippen molar-refractivity contribution in [1.29, 1.82) is 0 Å². The van der Waals surface area contributed by atoms with Crippen LogP contribution in [0, 0.1) is 0 Å². The molecule has 0 aromatic heterocycles. The van der Waals surface area contributed by atoms with E-state index in [0.29, 0.717) is 0 Å². The molecule has 0 aliphatic carbocycles. The molecule has 0 saturated carbocycles. The Morgan fingerprint density at radius 1 is 0.900 bits per heavy atom. The van der Waals surface area contributed by atoms with E-state index in [9.17, 15) is 35.7 Å². The SMILES string of the molecule is OC[C@@H]1[C@@H](O)[C@H](O)C[S+]1C[C@H]1OC(O)[C@@H](O)[C@@H](O)[C@@H]1O. The second-order valence-electron chi connectivity index (χ2n) is 5.19. The summed E-state index contributed by atoms with van der Waals surface area (Å²) in [5.41, 5.74) is 0. The molecule has 9 heteroatoms. The van der Waals surface area contributed by atoms with E-state index >= 15 is 0 Å². The minimum Gasteiger partial charge on any atom is -0.391 e. The number of aliphatic hydroxyl groups excluding tert-OH is 7. The van der Waals surface area contributed by atoms with Gasteiger partial charge >= 0.3 is 0 Å². The summed E-state index contributed by atoms with van der Waals surface area (Å²) in [6, 6.07) is 0. The highest BCUT2D eigenvalue weighted by Gasteiger charge is 2.53. The highest BCUT2D eigenvalue weighted by Crippen LogP contribution is 2.28. The Kier molecular flexibility index (Phi) is 5.27. The van der Waals surface area contributed by atoms with Crippen molar-refractivity contribution in [1.82, 2.24) is 0 Å². The van der Waals surface area contributed by atoms with Crippen molar-refractivity contribution in [3.63, 3.8) is 0 Å². The van der Waals surface area contributed by atoms with Crippen molar-refractivity contribution in [2.75, 3.05) is 18.1 Å². The molecule has 7 N–H and O–H groups in total. The van der Waals surface area contributed by atoms with E-state index in [1.165, 1.54) is 0 Å². The summed E-state index contributed by atoms with van der Waals surface area (Å²) >= 11 is 0. The Morgan fingerprint density at radius 2 is 1.55 bits per heavy atom. The first-order valence-electron chi connectivity index (χ1n) is 6.37. The fraction of sp³-hybridized carbons (Fsp3) is 1.00. The minimum atomic E-state index is -1.60. The molecule has 0 spiro atoms. The molecule has 0 radical (unpaired) electrons. The Labute approximate surface area is 118 Å². The zero-order chi connectivity index (χ0) is 15.0. The average molecular weight is 313 g/mol. The van der Waals surface area contributed by atoms with E-state index in [0.717, 1.165) is 0 Å². The van der Waals surface area contributed by atoms with Crippen molar-refractivity contribution in [3.8, 4) is 0 Å². The fourth-order valence-electron chi connectivity index (χ4n) is 2.57. The maximum Gasteiger partial charge on any atom is 0.184 e. The second-order valence-corrected chi connectivity index (χ2v) is 7.53. The van der Waals surface area contributed by atoms with Crippen molar-refractivity contribution >= 4 is 10.9 Å². The fourth-order valence-corrected chi connectivity index (χ4v) is 5.32. The van der Waals surface area contributed by atoms with Crippen LogP contribution >= 0.6 is 0 Å². The van der Waals surface area contributed by atoms with Gasteiger partial charge in [0.1, 0.15) is 48.1 Å². The number of ether oxygens (including phenoxy) is 1. The highest BCUT2D eigenvalue weighted by atomic mass is 32.2. The third kappa shape index (κ3) is 2.96. The smallest absolute Gasteiger partial charge is 0.184 e. The molecule has 2 heterocycles. The number of aliphatic hydroxyl groups is 7. The minimum absolute atomic E-state index is 0.168. The third-order valence-electron chi connectivity index (χ3n) is 3.83. The van der Waals surface area contributed by atoms with Crippen LogP contribution in [0.3, 0.4) is 0 Å². The van der Waals surface area contributed by atoms with Crippen LogP contribution in [-0.4, -0.2) is 102 Å². The summed E-state index contributed by atoms with van der Waals surface area (Å²) in [5.74, 6) is 0.426. The van der Waals surface area contributed by atoms with Gasteiger partial charge in [-0.15, -0.1) is 0 Å². The highest BCUT2D eigenvalue weighted by molar-refractivity contribution is 7.97. The summed E-state index contributed by atoms with van der Waals surface area (Å²) in [6.45, 7) is -0.308. The molecular formula is C11H21O8S+. The third-order valence-corrected chi connectivity index (χ3v) is 6.64. The molecule has 118 valence electrons. The van der Waals surface area contributed by atoms with Crippen LogP contribution < -0.4 is 0 Å². The molecule has 2 saturated heterocycles. The summed E-state index contributed by atoms with van der Waals surface area (Å²) in [5, 5.41) is 66.3. The summed E-state index contributed by atoms with van der Waals surface area (Å²) in [6.07, 6.45) is -9.02. The lowest BCUT2D eigenvalue weighted by atomic mass is 10.0. The van der Waals surface area contributed by atoms with Gasteiger partial charge in [-0.25, -0.2) is 0 Å². The van der Waals surface area contributed by atoms with Crippen LogP contribution in [0.2, 0.25) is 0 Å². The zero-order valence-corrected chi connectivity index (χ0v) is 11.5. The van der Waals surface area contributed by atoms with Gasteiger partial charge in [0.2, 0.25) is 0 Å². The van der Waals surface area contributed by atoms with Gasteiger partial charge in [-0.2, -0.15) is 0 Å². The molecule has 2 fully saturated rings. The Morgan fingerprint density at radius 3 is 2.15 bits per heavy atom. The van der Waals surface area contributed by atoms with E-state index in [2.05, 4.69) is 0 Å². The van der Waals surface area contributed by atoms with Gasteiger partial charge in [0.15, 0.2) is 11.5 Å². The van der Waals surface area contributed by atoms with Crippen LogP contribution in [-0.2, 0) is 15.6 Å². The monoisotopic (exact) mass is 313 g/mol. The maximum absolute atomic E-state index is 9.85. The molecule has 0 aromatic rings. The molecular weight excluding hydrogens is 292 g/mol. The first kappa shape index (κ1) is 16.4. The lowest BCUT2D eigenvalue weighted by Crippen LogP contribution is -2.59. The van der Waals surface area contributed by atoms with Crippen LogP contribution in [0.4, 0.5) is 0 Å². The van der Waals surface area contributed by atoms with E-state index in [4.69, 9.17) is 4.74 Å². The van der Waals surface area contributed by atoms with Gasteiger partial charge < -0.3 is 40.5 Å². The Bertz CT molecular complexity index is 332. The van der Waals surface area contributed by atoms with Crippen LogP contribution in [0.15, 0.2) is 0 Å². The van der Waals surface area contributed by atoms with Crippen molar-refractivity contribution in [2.45, 2.75) is 48.2 Å². The predicted octanol–water partition coefficient (Wildman–Crippen LogP) is -4.50. The molecule has 2 rings (SSSR count). The van der Waals surface area contributed by atoms with Gasteiger partial charge in [-0.05, 0) is 0 Å². The van der Waals surface area contributed by atoms with Crippen LogP contribution in [0.5, 0.6) is 0 Å². The van der Waals surface area contributed by atoms with Crippen LogP contribution in [0.25, 0.3) is 0 Å². The lowest BCUT2D eigenvalue weighted by Gasteiger charge is -2.37. The summed E-state index contributed by atoms with van der Waals surface area (Å²) in [4.78, 5) is 0. The number of hydrogen-bond donors (Lipinski definition) is 7. The second kappa shape index (κ2) is 6.42. The average Bonchev–Trinajstić information content (AvgIpc) is 2.68. The molecule has 2 aliphatic heterocycles. The van der Waals surface area contributed by atoms with Gasteiger partial charge in [0, 0.05) is 10.9 Å². The van der Waals surface area contributed by atoms with Gasteiger partial charge in [0.25, 0.3) is 0 Å². The lowest BCUT2D eigenvalue weighted by molar-refractivity contribution is -0.276. The predicted molar refractivity (Wildman–Crippen MR) is 68.9 cm³/mol. The van der Waals surface area contributed by atoms with E-state index in [1.807, 2.05) is 0 Å². The molecule has 0 bridgehead atoms. The largest absolute Gasteiger partial charge is 0.391 e. The van der Waals surface area contributed by atoms with Gasteiger partial charge in [-0.1, -0.05) is 0 Å². The van der Waals surface area contributed by atoms with Gasteiger partial charge in [0.05, 0.1) is 6.61 Å². The topological polar surface area (TPSA) is 151 Å². The number of hydrogen-bond acceptors (Lipinski definition) is 8. The first-order chi connectivity index (χ1) is 9.36. The molecule has 2 unspecified atom stereocenters. The van der Waals surface area contributed by atoms with Gasteiger partial charge in [-0.3, -0.25) is 0 Å². The number of rotatable bonds is 3. The molecule has 2 aliphatic rings. The Balaban J connectivity index is 2.02. The molecule has 0 amide bonds. The first-order valence-corrected chi connectivity index (χ1v) is 8.00. The quantitative estimate of drug-likeness (QED) is 0.258. The van der Waals surface area contributed by atoms with E-state index in [1.54, 1.807) is 0 Å². The maximum atomic E-state index is 9.85. The van der Waals surface area contributed by atoms with Crippen molar-refractivity contribution in [2.24, 2.45) is 0 Å². The van der Waals surface area contributed by atoms with E-state index < -0.39 is 59.1 Å². The standard InChI is InChI=1S/C11H21O8S/c12-1-6-7(14)4(13)2-20(6)3-5-8(15)9(16)10(17)11(18)19-5/h4-18H,1-3H2/q+1/t4-,5-,6-,7+,8-,9+,10+,11?,20?/m1/s1. The van der Waals surface area contributed by atoms with Crippen molar-refractivity contribution < 1.29 is 40.5 Å². The normalized spacial score (nSPS) is 53.2. The molecule has 9 atom stereocenters. The molecule has 0 aromatic carbocycles. The summed E-state index contributed by atoms with van der Waals surface area (Å²) in [7, 11) is -0.624. The Hall–Kier alpha value is 0.0300. The van der Waals surface area contributed by atoms with Crippen LogP contribution in [0.1, 0.15) is 0 Å². The molecule has 8 nitrogen and oxygen atoms in total. The van der Waals surface area contributed by atoms with Crippen molar-refractivity contribution in [3.05, 3.63) is 0 Å². The summed E-state index contributed by atoms with van der Waals surface area (Å²) < 4.78 is 5.06. The van der Waals surface area contributed by atoms with E-state index in [-0.39, 0.29) is 18.1 Å².